The van der Waals surface area contributed by atoms with E-state index >= 15 is 0 Å². The first-order chi connectivity index (χ1) is 16.2. The SMILES string of the molecule is CN(C)C[C@H]1CN(S(=O)(=O)c2cnn(C)c2)c2cc(NC(=O)OC3CC4CCC3C4)ccc2O1. The minimum absolute atomic E-state index is 0.0334. The van der Waals surface area contributed by atoms with Crippen LogP contribution in [0.1, 0.15) is 25.7 Å². The van der Waals surface area contributed by atoms with Crippen molar-refractivity contribution < 1.29 is 22.7 Å². The Morgan fingerprint density at radius 2 is 2.12 bits per heavy atom. The second-order valence-electron chi connectivity index (χ2n) is 9.81. The summed E-state index contributed by atoms with van der Waals surface area (Å²) in [6.07, 6.45) is 6.33. The number of nitrogens with one attached hydrogen (secondary N) is 1. The van der Waals surface area contributed by atoms with Gasteiger partial charge in [-0.05, 0) is 69.8 Å². The number of amides is 1. The summed E-state index contributed by atoms with van der Waals surface area (Å²) in [4.78, 5) is 14.6. The molecule has 1 amide bonds. The Hall–Kier alpha value is -2.79. The van der Waals surface area contributed by atoms with Crippen molar-refractivity contribution in [1.82, 2.24) is 14.7 Å². The number of fused-ring (bicyclic) bond motifs is 3. The summed E-state index contributed by atoms with van der Waals surface area (Å²) in [6, 6.07) is 5.01. The number of hydrogen-bond acceptors (Lipinski definition) is 7. The Morgan fingerprint density at radius 1 is 1.29 bits per heavy atom. The van der Waals surface area contributed by atoms with E-state index in [2.05, 4.69) is 10.4 Å². The molecule has 2 aromatic rings. The van der Waals surface area contributed by atoms with Gasteiger partial charge < -0.3 is 14.4 Å². The molecule has 34 heavy (non-hydrogen) atoms. The van der Waals surface area contributed by atoms with Crippen molar-refractivity contribution in [3.63, 3.8) is 0 Å². The number of benzene rings is 1. The number of ether oxygens (including phenoxy) is 2. The number of aromatic nitrogens is 2. The molecule has 5 rings (SSSR count). The van der Waals surface area contributed by atoms with Crippen LogP contribution in [-0.4, -0.2) is 68.6 Å². The van der Waals surface area contributed by atoms with Crippen molar-refractivity contribution in [1.29, 1.82) is 0 Å². The molecule has 1 aromatic carbocycles. The van der Waals surface area contributed by atoms with Gasteiger partial charge >= 0.3 is 6.09 Å². The van der Waals surface area contributed by atoms with Gasteiger partial charge in [-0.3, -0.25) is 14.3 Å². The van der Waals surface area contributed by atoms with E-state index in [1.54, 1.807) is 25.2 Å². The number of nitrogens with zero attached hydrogens (tertiary/aromatic N) is 4. The van der Waals surface area contributed by atoms with Crippen LogP contribution in [0.25, 0.3) is 0 Å². The van der Waals surface area contributed by atoms with Gasteiger partial charge in [0.15, 0.2) is 0 Å². The van der Waals surface area contributed by atoms with Crippen LogP contribution < -0.4 is 14.4 Å². The molecule has 2 heterocycles. The normalized spacial score (nSPS) is 25.8. The molecule has 2 aliphatic carbocycles. The van der Waals surface area contributed by atoms with E-state index in [9.17, 15) is 13.2 Å². The predicted octanol–water partition coefficient (Wildman–Crippen LogP) is 2.68. The van der Waals surface area contributed by atoms with Gasteiger partial charge in [-0.2, -0.15) is 5.10 Å². The van der Waals surface area contributed by atoms with Crippen molar-refractivity contribution in [2.75, 3.05) is 36.8 Å². The summed E-state index contributed by atoms with van der Waals surface area (Å²) >= 11 is 0. The molecule has 184 valence electrons. The second kappa shape index (κ2) is 8.77. The summed E-state index contributed by atoms with van der Waals surface area (Å²) < 4.78 is 41.6. The van der Waals surface area contributed by atoms with Crippen molar-refractivity contribution in [3.8, 4) is 5.75 Å². The van der Waals surface area contributed by atoms with Crippen LogP contribution in [0, 0.1) is 11.8 Å². The van der Waals surface area contributed by atoms with Gasteiger partial charge in [0, 0.05) is 25.5 Å². The Kier molecular flexibility index (Phi) is 5.93. The number of likely N-dealkylation sites (N-methyl/N-ethyl adjacent to an activating group) is 1. The Bertz CT molecular complexity index is 1180. The van der Waals surface area contributed by atoms with Gasteiger partial charge in [0.25, 0.3) is 10.0 Å². The van der Waals surface area contributed by atoms with E-state index in [0.29, 0.717) is 35.5 Å². The average molecular weight is 490 g/mol. The molecule has 0 saturated heterocycles. The summed E-state index contributed by atoms with van der Waals surface area (Å²) in [5.41, 5.74) is 0.824. The van der Waals surface area contributed by atoms with Gasteiger partial charge in [-0.15, -0.1) is 0 Å². The third kappa shape index (κ3) is 4.46. The lowest BCUT2D eigenvalue weighted by atomic mass is 9.98. The fourth-order valence-corrected chi connectivity index (χ4v) is 6.88. The highest BCUT2D eigenvalue weighted by Crippen LogP contribution is 2.46. The minimum atomic E-state index is -3.89. The van der Waals surface area contributed by atoms with Gasteiger partial charge in [-0.25, -0.2) is 13.2 Å². The molecule has 4 atom stereocenters. The fourth-order valence-electron chi connectivity index (χ4n) is 5.39. The zero-order valence-corrected chi connectivity index (χ0v) is 20.5. The molecule has 1 aromatic heterocycles. The zero-order chi connectivity index (χ0) is 24.0. The first kappa shape index (κ1) is 23.0. The molecule has 3 aliphatic rings. The number of aryl methyl sites for hydroxylation is 1. The number of carbonyl (C=O) groups excluding carboxylic acids is 1. The van der Waals surface area contributed by atoms with E-state index in [1.165, 1.54) is 27.8 Å². The van der Waals surface area contributed by atoms with Gasteiger partial charge in [-0.1, -0.05) is 0 Å². The Labute approximate surface area is 199 Å². The number of rotatable bonds is 6. The molecule has 1 N–H and O–H groups in total. The maximum Gasteiger partial charge on any atom is 0.411 e. The van der Waals surface area contributed by atoms with Crippen LogP contribution in [0.4, 0.5) is 16.2 Å². The Morgan fingerprint density at radius 3 is 2.76 bits per heavy atom. The van der Waals surface area contributed by atoms with E-state index < -0.39 is 16.1 Å². The van der Waals surface area contributed by atoms with E-state index in [4.69, 9.17) is 9.47 Å². The van der Waals surface area contributed by atoms with Crippen molar-refractivity contribution in [2.45, 2.75) is 42.8 Å². The lowest BCUT2D eigenvalue weighted by Gasteiger charge is -2.36. The molecule has 0 spiro atoms. The molecular formula is C23H31N5O5S. The fraction of sp³-hybridized carbons (Fsp3) is 0.565. The third-order valence-electron chi connectivity index (χ3n) is 6.91. The van der Waals surface area contributed by atoms with Crippen LogP contribution in [-0.2, 0) is 21.8 Å². The molecule has 11 heteroatoms. The van der Waals surface area contributed by atoms with E-state index in [-0.39, 0.29) is 23.6 Å². The molecule has 0 radical (unpaired) electrons. The standard InChI is InChI=1S/C23H31N5O5S/c1-26(2)12-18-13-28(34(30,31)19-11-24-27(3)14-19)20-10-17(6-7-21(20)32-18)25-23(29)33-22-9-15-4-5-16(22)8-15/h6-7,10-11,14-16,18,22H,4-5,8-9,12-13H2,1-3H3,(H,25,29)/t15?,16?,18-,22?/m0/s1. The maximum absolute atomic E-state index is 13.5. The Balaban J connectivity index is 1.39. The lowest BCUT2D eigenvalue weighted by molar-refractivity contribution is 0.0755. The van der Waals surface area contributed by atoms with Gasteiger partial charge in [0.1, 0.15) is 22.9 Å². The van der Waals surface area contributed by atoms with E-state index in [0.717, 1.165) is 19.3 Å². The lowest BCUT2D eigenvalue weighted by Crippen LogP contribution is -2.47. The van der Waals surface area contributed by atoms with Gasteiger partial charge in [0.05, 0.1) is 18.4 Å². The van der Waals surface area contributed by atoms with Crippen LogP contribution >= 0.6 is 0 Å². The second-order valence-corrected chi connectivity index (χ2v) is 11.7. The molecule has 1 aliphatic heterocycles. The number of hydrogen-bond donors (Lipinski definition) is 1. The minimum Gasteiger partial charge on any atom is -0.485 e. The van der Waals surface area contributed by atoms with Crippen LogP contribution in [0.15, 0.2) is 35.5 Å². The largest absolute Gasteiger partial charge is 0.485 e. The average Bonchev–Trinajstić information content (AvgIpc) is 3.50. The summed E-state index contributed by atoms with van der Waals surface area (Å²) in [6.45, 7) is 0.690. The van der Waals surface area contributed by atoms with E-state index in [1.807, 2.05) is 19.0 Å². The summed E-state index contributed by atoms with van der Waals surface area (Å²) in [7, 11) is 1.61. The van der Waals surface area contributed by atoms with Gasteiger partial charge in [0.2, 0.25) is 0 Å². The highest BCUT2D eigenvalue weighted by molar-refractivity contribution is 7.92. The highest BCUT2D eigenvalue weighted by atomic mass is 32.2. The molecule has 2 fully saturated rings. The first-order valence-electron chi connectivity index (χ1n) is 11.6. The maximum atomic E-state index is 13.5. The topological polar surface area (TPSA) is 106 Å². The number of carbonyl (C=O) groups is 1. The molecular weight excluding hydrogens is 458 g/mol. The summed E-state index contributed by atoms with van der Waals surface area (Å²) in [5, 5.41) is 6.80. The summed E-state index contributed by atoms with van der Waals surface area (Å²) in [5.74, 6) is 1.57. The molecule has 10 nitrogen and oxygen atoms in total. The van der Waals surface area contributed by atoms with Crippen molar-refractivity contribution >= 4 is 27.5 Å². The highest BCUT2D eigenvalue weighted by Gasteiger charge is 2.42. The predicted molar refractivity (Wildman–Crippen MR) is 126 cm³/mol. The molecule has 3 unspecified atom stereocenters. The van der Waals surface area contributed by atoms with Crippen molar-refractivity contribution in [3.05, 3.63) is 30.6 Å². The van der Waals surface area contributed by atoms with Crippen LogP contribution in [0.3, 0.4) is 0 Å². The monoisotopic (exact) mass is 489 g/mol. The first-order valence-corrected chi connectivity index (χ1v) is 13.1. The van der Waals surface area contributed by atoms with Crippen LogP contribution in [0.2, 0.25) is 0 Å². The quantitative estimate of drug-likeness (QED) is 0.665. The van der Waals surface area contributed by atoms with Crippen LogP contribution in [0.5, 0.6) is 5.75 Å². The van der Waals surface area contributed by atoms with Crippen molar-refractivity contribution in [2.24, 2.45) is 18.9 Å². The third-order valence-corrected chi connectivity index (χ3v) is 8.64. The molecule has 2 bridgehead atoms. The zero-order valence-electron chi connectivity index (χ0n) is 19.7. The smallest absolute Gasteiger partial charge is 0.411 e. The number of anilines is 2. The molecule has 2 saturated carbocycles. The number of sulfonamides is 1.